The van der Waals surface area contributed by atoms with Crippen LogP contribution in [0.1, 0.15) is 25.3 Å². The first-order chi connectivity index (χ1) is 15.9. The third-order valence-electron chi connectivity index (χ3n) is 5.26. The lowest BCUT2D eigenvalue weighted by atomic mass is 10.0. The highest BCUT2D eigenvalue weighted by molar-refractivity contribution is 8.04. The fourth-order valence-electron chi connectivity index (χ4n) is 3.46. The van der Waals surface area contributed by atoms with Crippen molar-refractivity contribution in [1.29, 1.82) is 0 Å². The highest BCUT2D eigenvalue weighted by atomic mass is 35.5. The number of methoxy groups -OCH3 is 1. The van der Waals surface area contributed by atoms with Gasteiger partial charge in [0.05, 0.1) is 18.5 Å². The molecule has 0 atom stereocenters. The molecule has 0 spiro atoms. The summed E-state index contributed by atoms with van der Waals surface area (Å²) in [7, 11) is 1.56. The summed E-state index contributed by atoms with van der Waals surface area (Å²) < 4.78 is 5.42. The molecule has 0 fully saturated rings. The van der Waals surface area contributed by atoms with Gasteiger partial charge in [-0.05, 0) is 60.0 Å². The molecule has 168 valence electrons. The monoisotopic (exact) mass is 478 g/mol. The van der Waals surface area contributed by atoms with Gasteiger partial charge in [0.1, 0.15) is 16.4 Å². The second-order valence-electron chi connectivity index (χ2n) is 7.78. The number of carbonyl (C=O) groups excluding carboxylic acids is 2. The van der Waals surface area contributed by atoms with Gasteiger partial charge in [0.2, 0.25) is 0 Å². The van der Waals surface area contributed by atoms with E-state index in [1.165, 1.54) is 16.7 Å². The van der Waals surface area contributed by atoms with Gasteiger partial charge in [0.15, 0.2) is 0 Å². The molecule has 0 saturated carbocycles. The van der Waals surface area contributed by atoms with E-state index in [0.29, 0.717) is 33.0 Å². The van der Waals surface area contributed by atoms with Gasteiger partial charge in [-0.15, -0.1) is 0 Å². The van der Waals surface area contributed by atoms with Gasteiger partial charge in [0.25, 0.3) is 11.8 Å². The van der Waals surface area contributed by atoms with Crippen LogP contribution in [0.2, 0.25) is 5.02 Å². The Morgan fingerprint density at radius 2 is 1.58 bits per heavy atom. The van der Waals surface area contributed by atoms with Crippen molar-refractivity contribution in [2.45, 2.75) is 24.7 Å². The van der Waals surface area contributed by atoms with Crippen molar-refractivity contribution in [1.82, 2.24) is 0 Å². The van der Waals surface area contributed by atoms with Crippen LogP contribution in [0, 0.1) is 0 Å². The average Bonchev–Trinajstić information content (AvgIpc) is 3.04. The number of benzene rings is 3. The van der Waals surface area contributed by atoms with Gasteiger partial charge < -0.3 is 10.1 Å². The highest BCUT2D eigenvalue weighted by Gasteiger charge is 2.40. The molecule has 0 aromatic heterocycles. The van der Waals surface area contributed by atoms with Gasteiger partial charge in [0, 0.05) is 9.92 Å². The van der Waals surface area contributed by atoms with Gasteiger partial charge in [-0.25, -0.2) is 4.90 Å². The van der Waals surface area contributed by atoms with Crippen LogP contribution in [-0.2, 0) is 9.59 Å². The number of hydrogen-bond donors (Lipinski definition) is 1. The van der Waals surface area contributed by atoms with Crippen molar-refractivity contribution in [2.75, 3.05) is 17.3 Å². The second kappa shape index (κ2) is 9.73. The Kier molecular flexibility index (Phi) is 6.77. The number of nitrogens with zero attached hydrogens (tertiary/aromatic N) is 1. The predicted octanol–water partition coefficient (Wildman–Crippen LogP) is 6.46. The summed E-state index contributed by atoms with van der Waals surface area (Å²) >= 11 is 7.24. The van der Waals surface area contributed by atoms with Crippen molar-refractivity contribution < 1.29 is 14.3 Å². The van der Waals surface area contributed by atoms with Crippen molar-refractivity contribution in [3.05, 3.63) is 94.0 Å². The summed E-state index contributed by atoms with van der Waals surface area (Å²) in [5.41, 5.74) is 2.47. The molecular weight excluding hydrogens is 456 g/mol. The molecule has 4 rings (SSSR count). The lowest BCUT2D eigenvalue weighted by molar-refractivity contribution is -0.120. The third kappa shape index (κ3) is 4.77. The standard InChI is InChI=1S/C26H23ClN2O3S/c1-16(2)17-8-12-19(13-9-17)29-25(30)23(28-21-6-4-5-7-22(21)32-3)24(26(29)31)33-20-14-10-18(27)11-15-20/h4-16,28H,1-3H3. The van der Waals surface area contributed by atoms with Gasteiger partial charge in [-0.3, -0.25) is 9.59 Å². The lowest BCUT2D eigenvalue weighted by Crippen LogP contribution is -2.32. The van der Waals surface area contributed by atoms with Crippen molar-refractivity contribution in [3.63, 3.8) is 0 Å². The molecule has 0 aliphatic carbocycles. The molecule has 2 amide bonds. The van der Waals surface area contributed by atoms with Gasteiger partial charge in [-0.1, -0.05) is 61.5 Å². The molecule has 0 bridgehead atoms. The number of para-hydroxylation sites is 2. The largest absolute Gasteiger partial charge is 0.495 e. The highest BCUT2D eigenvalue weighted by Crippen LogP contribution is 2.39. The van der Waals surface area contributed by atoms with Crippen LogP contribution < -0.4 is 15.0 Å². The second-order valence-corrected chi connectivity index (χ2v) is 9.30. The number of ether oxygens (including phenoxy) is 1. The number of amides is 2. The van der Waals surface area contributed by atoms with Gasteiger partial charge in [-0.2, -0.15) is 0 Å². The maximum Gasteiger partial charge on any atom is 0.283 e. The first kappa shape index (κ1) is 23.0. The number of halogens is 1. The summed E-state index contributed by atoms with van der Waals surface area (Å²) in [6.45, 7) is 4.19. The smallest absolute Gasteiger partial charge is 0.283 e. The molecule has 33 heavy (non-hydrogen) atoms. The minimum Gasteiger partial charge on any atom is -0.495 e. The third-order valence-corrected chi connectivity index (χ3v) is 6.60. The molecule has 0 saturated heterocycles. The Labute approximate surface area is 202 Å². The van der Waals surface area contributed by atoms with E-state index in [9.17, 15) is 9.59 Å². The summed E-state index contributed by atoms with van der Waals surface area (Å²) in [6, 6.07) is 21.9. The number of hydrogen-bond acceptors (Lipinski definition) is 5. The Bertz CT molecular complexity index is 1220. The van der Waals surface area contributed by atoms with Crippen LogP contribution in [-0.4, -0.2) is 18.9 Å². The Morgan fingerprint density at radius 3 is 2.21 bits per heavy atom. The first-order valence-corrected chi connectivity index (χ1v) is 11.6. The van der Waals surface area contributed by atoms with E-state index in [4.69, 9.17) is 16.3 Å². The SMILES string of the molecule is COc1ccccc1NC1=C(Sc2ccc(Cl)cc2)C(=O)N(c2ccc(C(C)C)cc2)C1=O. The zero-order valence-corrected chi connectivity index (χ0v) is 20.0. The summed E-state index contributed by atoms with van der Waals surface area (Å²) in [6.07, 6.45) is 0. The Hall–Kier alpha value is -3.22. The van der Waals surface area contributed by atoms with Crippen LogP contribution in [0.3, 0.4) is 0 Å². The van der Waals surface area contributed by atoms with E-state index in [1.807, 2.05) is 48.5 Å². The van der Waals surface area contributed by atoms with Crippen LogP contribution >= 0.6 is 23.4 Å². The molecule has 1 aliphatic rings. The molecule has 3 aromatic carbocycles. The van der Waals surface area contributed by atoms with E-state index < -0.39 is 5.91 Å². The summed E-state index contributed by atoms with van der Waals surface area (Å²) in [4.78, 5) is 29.3. The van der Waals surface area contributed by atoms with E-state index in [1.54, 1.807) is 31.4 Å². The molecule has 0 radical (unpaired) electrons. The van der Waals surface area contributed by atoms with E-state index >= 15 is 0 Å². The lowest BCUT2D eigenvalue weighted by Gasteiger charge is -2.17. The molecule has 7 heteroatoms. The van der Waals surface area contributed by atoms with E-state index in [-0.39, 0.29) is 11.6 Å². The topological polar surface area (TPSA) is 58.6 Å². The minimum absolute atomic E-state index is 0.206. The fraction of sp³-hybridized carbons (Fsp3) is 0.154. The maximum atomic E-state index is 13.5. The molecule has 1 aliphatic heterocycles. The predicted molar refractivity (Wildman–Crippen MR) is 134 cm³/mol. The van der Waals surface area contributed by atoms with Crippen LogP contribution in [0.25, 0.3) is 0 Å². The summed E-state index contributed by atoms with van der Waals surface area (Å²) in [5.74, 6) is 0.121. The van der Waals surface area contributed by atoms with Crippen LogP contribution in [0.15, 0.2) is 88.3 Å². The van der Waals surface area contributed by atoms with Crippen molar-refractivity contribution in [3.8, 4) is 5.75 Å². The van der Waals surface area contributed by atoms with Crippen molar-refractivity contribution >= 4 is 46.6 Å². The molecule has 0 unspecified atom stereocenters. The first-order valence-electron chi connectivity index (χ1n) is 10.5. The molecule has 1 heterocycles. The maximum absolute atomic E-state index is 13.5. The number of rotatable bonds is 7. The number of imide groups is 1. The number of anilines is 2. The zero-order valence-electron chi connectivity index (χ0n) is 18.5. The van der Waals surface area contributed by atoms with E-state index in [0.717, 1.165) is 10.5 Å². The molecule has 3 aromatic rings. The van der Waals surface area contributed by atoms with E-state index in [2.05, 4.69) is 19.2 Å². The molecule has 5 nitrogen and oxygen atoms in total. The van der Waals surface area contributed by atoms with Crippen LogP contribution in [0.5, 0.6) is 5.75 Å². The molecular formula is C26H23ClN2O3S. The number of thioether (sulfide) groups is 1. The minimum atomic E-state index is -0.417. The Balaban J connectivity index is 1.74. The quantitative estimate of drug-likeness (QED) is 0.395. The average molecular weight is 479 g/mol. The van der Waals surface area contributed by atoms with Gasteiger partial charge >= 0.3 is 0 Å². The normalized spacial score (nSPS) is 13.8. The molecule has 1 N–H and O–H groups in total. The number of nitrogens with one attached hydrogen (secondary N) is 1. The number of carbonyl (C=O) groups is 2. The summed E-state index contributed by atoms with van der Waals surface area (Å²) in [5, 5.41) is 3.75. The zero-order chi connectivity index (χ0) is 23.5. The van der Waals surface area contributed by atoms with Crippen LogP contribution in [0.4, 0.5) is 11.4 Å². The Morgan fingerprint density at radius 1 is 0.909 bits per heavy atom. The fourth-order valence-corrected chi connectivity index (χ4v) is 4.51. The van der Waals surface area contributed by atoms with Crippen molar-refractivity contribution in [2.24, 2.45) is 0 Å².